The maximum Gasteiger partial charge on any atom is -0.693 e. The van der Waals surface area contributed by atoms with E-state index in [9.17, 15) is 24.0 Å². The summed E-state index contributed by atoms with van der Waals surface area (Å²) in [4.78, 5) is 66.9. The van der Waals surface area contributed by atoms with Crippen molar-refractivity contribution in [1.29, 1.82) is 0 Å². The van der Waals surface area contributed by atoms with Crippen LogP contribution >= 0.6 is 37.7 Å². The number of hydrogen-bond acceptors (Lipinski definition) is 12. The minimum absolute atomic E-state index is 0. The van der Waals surface area contributed by atoms with Crippen molar-refractivity contribution in [3.8, 4) is 0 Å². The van der Waals surface area contributed by atoms with Crippen LogP contribution in [0.25, 0.3) is 35.2 Å². The summed E-state index contributed by atoms with van der Waals surface area (Å²) in [6, 6.07) is -0.770. The molecule has 9 N–H and O–H groups in total. The van der Waals surface area contributed by atoms with Gasteiger partial charge in [-0.25, -0.2) is 0 Å². The van der Waals surface area contributed by atoms with Gasteiger partial charge in [-0.05, 0) is 12.8 Å². The zero-order valence-electron chi connectivity index (χ0n) is 16.1. The number of nitrogens with one attached hydrogen (secondary N) is 1. The molecule has 2 saturated heterocycles. The summed E-state index contributed by atoms with van der Waals surface area (Å²) < 4.78 is 4.29. The van der Waals surface area contributed by atoms with Gasteiger partial charge in [-0.15, -0.1) is 10.7 Å². The number of ether oxygens (including phenoxy) is 1. The Bertz CT molecular complexity index is 507. The molecule has 0 saturated carbocycles. The van der Waals surface area contributed by atoms with Gasteiger partial charge in [0.2, 0.25) is 0 Å². The molecule has 0 aromatic carbocycles. The van der Waals surface area contributed by atoms with Crippen LogP contribution in [0.3, 0.4) is 0 Å². The zero-order chi connectivity index (χ0) is 24.4. The Morgan fingerprint density at radius 3 is 1.44 bits per heavy atom. The van der Waals surface area contributed by atoms with E-state index >= 15 is 0 Å². The van der Waals surface area contributed by atoms with Gasteiger partial charge in [0.05, 0.1) is 11.8 Å². The summed E-state index contributed by atoms with van der Waals surface area (Å²) in [5.41, 5.74) is 0. The third-order valence-electron chi connectivity index (χ3n) is 1.88. The third-order valence-corrected chi connectivity index (χ3v) is 1.88. The maximum absolute atomic E-state index is 10.6. The van der Waals surface area contributed by atoms with Gasteiger partial charge in [0.25, 0.3) is 6.47 Å². The first-order valence-corrected chi connectivity index (χ1v) is 17.4. The summed E-state index contributed by atoms with van der Waals surface area (Å²) in [5, 5.41) is 26.3. The van der Waals surface area contributed by atoms with Gasteiger partial charge in [0, 0.05) is 6.42 Å². The van der Waals surface area contributed by atoms with Crippen molar-refractivity contribution in [2.24, 2.45) is 10.7 Å². The molecule has 214 valence electrons. The number of nitrogens with zero attached hydrogens (tertiary/aromatic N) is 4. The second kappa shape index (κ2) is 45.3. The molecule has 2 aliphatic heterocycles. The molecule has 0 spiro atoms. The first-order valence-electron chi connectivity index (χ1n) is 6.13. The monoisotopic (exact) mass is 941 g/mol. The molecule has 25 heteroatoms. The van der Waals surface area contributed by atoms with E-state index in [1.54, 1.807) is 0 Å². The van der Waals surface area contributed by atoms with E-state index in [1.807, 2.05) is 5.32 Å². The third kappa shape index (κ3) is 52.6. The molecule has 19 nitrogen and oxygen atoms in total. The molecule has 0 bridgehead atoms. The first-order chi connectivity index (χ1) is 14.2. The van der Waals surface area contributed by atoms with Crippen molar-refractivity contribution in [3.63, 3.8) is 0 Å². The van der Waals surface area contributed by atoms with Crippen LogP contribution in [0.2, 0.25) is 0 Å². The Hall–Kier alpha value is -1.27. The molecule has 0 aliphatic carbocycles. The first kappa shape index (κ1) is 53.9. The molecule has 0 radical (unpaired) electrons. The van der Waals surface area contributed by atoms with Crippen molar-refractivity contribution >= 4 is 67.9 Å². The summed E-state index contributed by atoms with van der Waals surface area (Å²) in [6.07, 6.45) is -0.406. The quantitative estimate of drug-likeness (QED) is 0.149. The van der Waals surface area contributed by atoms with Crippen LogP contribution in [-0.2, 0) is 56.9 Å². The fraction of sp³-hybridized carbons (Fsp3) is 0.444. The van der Waals surface area contributed by atoms with Crippen LogP contribution in [0, 0.1) is 20.2 Å². The fourth-order valence-corrected chi connectivity index (χ4v) is 1.15. The van der Waals surface area contributed by atoms with E-state index in [0.717, 1.165) is 10.7 Å². The van der Waals surface area contributed by atoms with Gasteiger partial charge < -0.3 is 75.1 Å². The van der Waals surface area contributed by atoms with Crippen molar-refractivity contribution < 1.29 is 61.7 Å². The van der Waals surface area contributed by atoms with Crippen molar-refractivity contribution in [3.05, 3.63) is 55.5 Å². The number of amides is 5. The molecule has 2 aliphatic rings. The summed E-state index contributed by atoms with van der Waals surface area (Å²) >= 11 is -0.944. The normalized spacial score (nSPS) is 13.7. The molecule has 1 atom stereocenters. The van der Waals surface area contributed by atoms with E-state index in [2.05, 4.69) is 15.4 Å². The Morgan fingerprint density at radius 2 is 1.24 bits per heavy atom. The van der Waals surface area contributed by atoms with Gasteiger partial charge in [-0.1, -0.05) is 0 Å². The SMILES string of the molecule is O=C1CCC(=O)[N-]1.O=CO[C@@H]1CC(=O)NC(=O)[N-]1.O=N[O-].O=N[O-].[Cl][Pt][Cl].[Cl][Pt][Cl].[NH2-].[NH2-].[NH2-].[NH2-]. The summed E-state index contributed by atoms with van der Waals surface area (Å²) in [7, 11) is 19.5. The second-order valence-electron chi connectivity index (χ2n) is 3.51. The Kier molecular flexibility index (Phi) is 71.7. The smallest absolute Gasteiger partial charge is 0.693 e. The van der Waals surface area contributed by atoms with E-state index in [4.69, 9.17) is 57.9 Å². The van der Waals surface area contributed by atoms with Crippen molar-refractivity contribution in [1.82, 2.24) is 5.32 Å². The summed E-state index contributed by atoms with van der Waals surface area (Å²) in [6.45, 7) is 0.153. The Balaban J connectivity index is -0.0000000431. The minimum atomic E-state index is -0.950. The van der Waals surface area contributed by atoms with E-state index in [-0.39, 0.29) is 49.3 Å². The van der Waals surface area contributed by atoms with Crippen molar-refractivity contribution in [2.75, 3.05) is 0 Å². The molecule has 34 heavy (non-hydrogen) atoms. The predicted molar refractivity (Wildman–Crippen MR) is 118 cm³/mol. The zero-order valence-corrected chi connectivity index (χ0v) is 23.7. The second-order valence-corrected chi connectivity index (χ2v) is 10.1. The molecule has 0 aromatic rings. The number of carbonyl (C=O) groups is 5. The minimum Gasteiger partial charge on any atom is -0.693 e. The predicted octanol–water partition coefficient (Wildman–Crippen LogP) is 5.83. The van der Waals surface area contributed by atoms with Crippen LogP contribution in [0.5, 0.6) is 0 Å². The Morgan fingerprint density at radius 1 is 0.912 bits per heavy atom. The standard InChI is InChI=1S/C5H6N2O4.C4H5NO2.4ClH.2HNO2.4H2N.2Pt/c8-2-11-4-1-3(9)6-5(10)7-4;6-3-1-2-4(7)5-3;;;;;2*2-1-3;;;;;;/h2,4H,1H2,(H2,6,7,9,10);1-2H2,(H,5,6,7);4*1H;2*(H,2,3);4*1H2;;/q;;;;;;;;4*-1;2*+2/p-8/t4-;;;;;;;;;;;;;/m1............./s1. The number of halogens is 4. The van der Waals surface area contributed by atoms with Crippen LogP contribution in [0.1, 0.15) is 19.3 Å². The number of hydrogen-bond donors (Lipinski definition) is 1. The number of imide groups is 2. The van der Waals surface area contributed by atoms with Gasteiger partial charge in [-0.2, -0.15) is 0 Å². The topological polar surface area (TPSA) is 374 Å². The van der Waals surface area contributed by atoms with Crippen LogP contribution in [-0.4, -0.2) is 36.5 Å². The average Bonchev–Trinajstić information content (AvgIpc) is 3.01. The van der Waals surface area contributed by atoms with Gasteiger partial charge in [-0.3, -0.25) is 14.4 Å². The molecule has 0 aromatic heterocycles. The van der Waals surface area contributed by atoms with Gasteiger partial charge >= 0.3 is 70.6 Å². The van der Waals surface area contributed by atoms with Crippen LogP contribution in [0.15, 0.2) is 10.7 Å². The molecule has 2 heterocycles. The molecule has 5 amide bonds. The van der Waals surface area contributed by atoms with Gasteiger partial charge in [0.1, 0.15) is 6.23 Å². The van der Waals surface area contributed by atoms with E-state index < -0.39 is 51.1 Å². The van der Waals surface area contributed by atoms with Crippen LogP contribution < -0.4 is 5.32 Å². The largest absolute Gasteiger partial charge is 0.693 e. The number of urea groups is 1. The number of nitrogens with two attached hydrogens (primary N) is 4. The van der Waals surface area contributed by atoms with Crippen LogP contribution in [0.4, 0.5) is 4.79 Å². The molecule has 0 unspecified atom stereocenters. The van der Waals surface area contributed by atoms with E-state index in [1.165, 1.54) is 0 Å². The number of rotatable bonds is 2. The molecular formula is C9H17Cl4N9O10Pt2-8. The maximum atomic E-state index is 10.6. The van der Waals surface area contributed by atoms with Crippen molar-refractivity contribution in [2.45, 2.75) is 25.5 Å². The molecular weight excluding hydrogens is 926 g/mol. The summed E-state index contributed by atoms with van der Waals surface area (Å²) in [5.74, 6) is -1.04. The molecule has 2 rings (SSSR count). The Labute approximate surface area is 225 Å². The van der Waals surface area contributed by atoms with E-state index in [0.29, 0.717) is 12.8 Å². The fourth-order valence-electron chi connectivity index (χ4n) is 1.15. The average molecular weight is 943 g/mol. The molecule has 2 fully saturated rings. The number of carbonyl (C=O) groups excluding carboxylic acids is 5. The van der Waals surface area contributed by atoms with Gasteiger partial charge in [0.15, 0.2) is 11.9 Å².